The second-order valence-electron chi connectivity index (χ2n) is 6.03. The third-order valence-corrected chi connectivity index (χ3v) is 4.35. The number of hydrogen-bond donors (Lipinski definition) is 0. The maximum absolute atomic E-state index is 14.1. The van der Waals surface area contributed by atoms with Crippen molar-refractivity contribution >= 4 is 29.9 Å². The lowest BCUT2D eigenvalue weighted by Crippen LogP contribution is -2.52. The molecule has 7 heteroatoms. The number of aliphatic imine (C=N–C) groups is 1. The van der Waals surface area contributed by atoms with E-state index in [0.29, 0.717) is 5.56 Å². The van der Waals surface area contributed by atoms with Crippen LogP contribution in [0.15, 0.2) is 23.2 Å². The zero-order valence-electron chi connectivity index (χ0n) is 14.8. The monoisotopic (exact) mass is 452 g/mol. The van der Waals surface area contributed by atoms with Crippen LogP contribution >= 0.6 is 24.0 Å². The molecule has 2 rings (SSSR count). The molecule has 136 valence electrons. The number of piperazine rings is 1. The maximum atomic E-state index is 14.1. The molecular weight excluding hydrogens is 425 g/mol. The van der Waals surface area contributed by atoms with Crippen LogP contribution in [0, 0.1) is 11.6 Å². The third kappa shape index (κ3) is 4.78. The highest BCUT2D eigenvalue weighted by Gasteiger charge is 2.27. The van der Waals surface area contributed by atoms with Gasteiger partial charge in [0.05, 0.1) is 0 Å². The van der Waals surface area contributed by atoms with Crippen LogP contribution < -0.4 is 0 Å². The summed E-state index contributed by atoms with van der Waals surface area (Å²) in [7, 11) is 5.76. The maximum Gasteiger partial charge on any atom is 0.195 e. The summed E-state index contributed by atoms with van der Waals surface area (Å²) in [6, 6.07) is 3.87. The zero-order valence-corrected chi connectivity index (χ0v) is 17.1. The predicted molar refractivity (Wildman–Crippen MR) is 105 cm³/mol. The first-order chi connectivity index (χ1) is 11.0. The molecule has 0 aromatic heterocycles. The standard InChI is InChI=1S/C17H26F2N4.HI/c1-5-16(14-7-6-13(18)12-15(14)19)22-8-10-23(11-9-22)17(20-2)21(3)4;/h6-7,12,16H,5,8-11H2,1-4H3;1H. The molecular formula is C17H27F2IN4. The van der Waals surface area contributed by atoms with Crippen molar-refractivity contribution in [1.29, 1.82) is 0 Å². The van der Waals surface area contributed by atoms with Gasteiger partial charge < -0.3 is 9.80 Å². The van der Waals surface area contributed by atoms with Gasteiger partial charge in [-0.2, -0.15) is 0 Å². The fraction of sp³-hybridized carbons (Fsp3) is 0.588. The molecule has 0 amide bonds. The minimum atomic E-state index is -0.527. The van der Waals surface area contributed by atoms with Gasteiger partial charge in [-0.25, -0.2) is 8.78 Å². The molecule has 1 unspecified atom stereocenters. The Bertz CT molecular complexity index is 558. The van der Waals surface area contributed by atoms with Crippen LogP contribution in [0.1, 0.15) is 24.9 Å². The number of guanidine groups is 1. The number of halogens is 3. The molecule has 1 fully saturated rings. The lowest BCUT2D eigenvalue weighted by Gasteiger charge is -2.41. The summed E-state index contributed by atoms with van der Waals surface area (Å²) in [6.07, 6.45) is 0.797. The van der Waals surface area contributed by atoms with E-state index in [1.807, 2.05) is 25.9 Å². The molecule has 1 aliphatic rings. The summed E-state index contributed by atoms with van der Waals surface area (Å²) in [6.45, 7) is 5.41. The Labute approximate surface area is 160 Å². The Morgan fingerprint density at radius 2 is 1.83 bits per heavy atom. The molecule has 1 aromatic carbocycles. The van der Waals surface area contributed by atoms with Gasteiger partial charge in [-0.3, -0.25) is 9.89 Å². The fourth-order valence-electron chi connectivity index (χ4n) is 3.30. The lowest BCUT2D eigenvalue weighted by atomic mass is 10.0. The van der Waals surface area contributed by atoms with Gasteiger partial charge in [0.25, 0.3) is 0 Å². The van der Waals surface area contributed by atoms with Gasteiger partial charge in [-0.05, 0) is 12.5 Å². The van der Waals surface area contributed by atoms with Crippen LogP contribution in [0.2, 0.25) is 0 Å². The summed E-state index contributed by atoms with van der Waals surface area (Å²) in [4.78, 5) is 10.9. The zero-order chi connectivity index (χ0) is 17.0. The molecule has 1 atom stereocenters. The molecule has 0 aliphatic carbocycles. The van der Waals surface area contributed by atoms with E-state index in [4.69, 9.17) is 0 Å². The second kappa shape index (κ2) is 9.50. The Balaban J connectivity index is 0.00000288. The minimum absolute atomic E-state index is 0. The average Bonchev–Trinajstić information content (AvgIpc) is 2.52. The van der Waals surface area contributed by atoms with Gasteiger partial charge in [0, 0.05) is 65.0 Å². The molecule has 4 nitrogen and oxygen atoms in total. The van der Waals surface area contributed by atoms with Crippen LogP contribution in [0.5, 0.6) is 0 Å². The number of benzene rings is 1. The fourth-order valence-corrected chi connectivity index (χ4v) is 3.30. The summed E-state index contributed by atoms with van der Waals surface area (Å²) in [5.41, 5.74) is 0.583. The van der Waals surface area contributed by atoms with E-state index in [9.17, 15) is 8.78 Å². The van der Waals surface area contributed by atoms with Crippen molar-refractivity contribution < 1.29 is 8.78 Å². The van der Waals surface area contributed by atoms with Crippen LogP contribution in [0.4, 0.5) is 8.78 Å². The Morgan fingerprint density at radius 3 is 2.29 bits per heavy atom. The highest BCUT2D eigenvalue weighted by molar-refractivity contribution is 14.0. The van der Waals surface area contributed by atoms with Crippen LogP contribution in [0.25, 0.3) is 0 Å². The van der Waals surface area contributed by atoms with E-state index in [1.165, 1.54) is 6.07 Å². The molecule has 1 heterocycles. The van der Waals surface area contributed by atoms with Crippen molar-refractivity contribution in [2.24, 2.45) is 4.99 Å². The van der Waals surface area contributed by atoms with E-state index < -0.39 is 11.6 Å². The normalized spacial score (nSPS) is 17.4. The molecule has 0 spiro atoms. The number of hydrogen-bond acceptors (Lipinski definition) is 2. The van der Waals surface area contributed by atoms with Crippen molar-refractivity contribution in [3.63, 3.8) is 0 Å². The van der Waals surface area contributed by atoms with E-state index >= 15 is 0 Å². The second-order valence-corrected chi connectivity index (χ2v) is 6.03. The molecule has 1 aromatic rings. The summed E-state index contributed by atoms with van der Waals surface area (Å²) < 4.78 is 27.2. The van der Waals surface area contributed by atoms with Crippen molar-refractivity contribution in [2.75, 3.05) is 47.3 Å². The smallest absolute Gasteiger partial charge is 0.195 e. The van der Waals surface area contributed by atoms with Crippen LogP contribution in [-0.2, 0) is 0 Å². The van der Waals surface area contributed by atoms with Gasteiger partial charge in [-0.1, -0.05) is 13.0 Å². The number of nitrogens with zero attached hydrogens (tertiary/aromatic N) is 4. The van der Waals surface area contributed by atoms with E-state index in [-0.39, 0.29) is 30.0 Å². The van der Waals surface area contributed by atoms with Gasteiger partial charge >= 0.3 is 0 Å². The van der Waals surface area contributed by atoms with Crippen molar-refractivity contribution in [1.82, 2.24) is 14.7 Å². The average molecular weight is 452 g/mol. The van der Waals surface area contributed by atoms with Gasteiger partial charge in [-0.15, -0.1) is 24.0 Å². The largest absolute Gasteiger partial charge is 0.349 e. The molecule has 0 radical (unpaired) electrons. The molecule has 0 bridgehead atoms. The lowest BCUT2D eigenvalue weighted by molar-refractivity contribution is 0.121. The van der Waals surface area contributed by atoms with Crippen LogP contribution in [-0.4, -0.2) is 68.0 Å². The minimum Gasteiger partial charge on any atom is -0.349 e. The molecule has 24 heavy (non-hydrogen) atoms. The number of rotatable bonds is 3. The van der Waals surface area contributed by atoms with E-state index in [1.54, 1.807) is 13.1 Å². The Kier molecular flexibility index (Phi) is 8.35. The third-order valence-electron chi connectivity index (χ3n) is 4.35. The predicted octanol–water partition coefficient (Wildman–Crippen LogP) is 3.20. The highest BCUT2D eigenvalue weighted by atomic mass is 127. The van der Waals surface area contributed by atoms with Crippen molar-refractivity contribution in [3.8, 4) is 0 Å². The van der Waals surface area contributed by atoms with Crippen LogP contribution in [0.3, 0.4) is 0 Å². The molecule has 1 aliphatic heterocycles. The first-order valence-corrected chi connectivity index (χ1v) is 8.06. The van der Waals surface area contributed by atoms with E-state index in [2.05, 4.69) is 14.8 Å². The first-order valence-electron chi connectivity index (χ1n) is 8.06. The van der Waals surface area contributed by atoms with Gasteiger partial charge in [0.1, 0.15) is 11.6 Å². The van der Waals surface area contributed by atoms with E-state index in [0.717, 1.165) is 44.6 Å². The molecule has 1 saturated heterocycles. The molecule has 0 N–H and O–H groups in total. The topological polar surface area (TPSA) is 22.1 Å². The molecule has 0 saturated carbocycles. The Morgan fingerprint density at radius 1 is 1.21 bits per heavy atom. The van der Waals surface area contributed by atoms with Gasteiger partial charge in [0.15, 0.2) is 5.96 Å². The summed E-state index contributed by atoms with van der Waals surface area (Å²) in [5, 5.41) is 0. The summed E-state index contributed by atoms with van der Waals surface area (Å²) >= 11 is 0. The van der Waals surface area contributed by atoms with Crippen molar-refractivity contribution in [3.05, 3.63) is 35.4 Å². The summed E-state index contributed by atoms with van der Waals surface area (Å²) in [5.74, 6) is -0.0188. The van der Waals surface area contributed by atoms with Crippen molar-refractivity contribution in [2.45, 2.75) is 19.4 Å². The first kappa shape index (κ1) is 21.1. The quantitative estimate of drug-likeness (QED) is 0.400. The Hall–Kier alpha value is -0.960. The SMILES string of the molecule is CCC(c1ccc(F)cc1F)N1CCN(C(=NC)N(C)C)CC1.I. The highest BCUT2D eigenvalue weighted by Crippen LogP contribution is 2.28. The van der Waals surface area contributed by atoms with Gasteiger partial charge in [0.2, 0.25) is 0 Å².